The van der Waals surface area contributed by atoms with E-state index in [1.165, 1.54) is 40.5 Å². The van der Waals surface area contributed by atoms with Gasteiger partial charge in [0.05, 0.1) is 0 Å². The molecule has 0 aliphatic rings. The Morgan fingerprint density at radius 3 is 2.61 bits per heavy atom. The van der Waals surface area contributed by atoms with Gasteiger partial charge in [-0.15, -0.1) is 11.3 Å². The van der Waals surface area contributed by atoms with Crippen molar-refractivity contribution in [1.29, 1.82) is 0 Å². The van der Waals surface area contributed by atoms with Crippen LogP contribution in [0.3, 0.4) is 0 Å². The molecule has 5 nitrogen and oxygen atoms in total. The number of hydrogen-bond acceptors (Lipinski definition) is 4. The van der Waals surface area contributed by atoms with Crippen LogP contribution in [0.25, 0.3) is 0 Å². The molecule has 2 aromatic rings. The van der Waals surface area contributed by atoms with Gasteiger partial charge in [-0.1, -0.05) is 6.92 Å². The summed E-state index contributed by atoms with van der Waals surface area (Å²) in [7, 11) is 0. The van der Waals surface area contributed by atoms with Gasteiger partial charge >= 0.3 is 0 Å². The molecular weight excluding hydrogens is 317 g/mol. The Morgan fingerprint density at radius 2 is 2.04 bits per heavy atom. The van der Waals surface area contributed by atoms with Crippen molar-refractivity contribution in [3.05, 3.63) is 47.2 Å². The van der Waals surface area contributed by atoms with Crippen LogP contribution in [-0.2, 0) is 4.79 Å². The van der Waals surface area contributed by atoms with E-state index in [1.807, 2.05) is 13.8 Å². The van der Waals surface area contributed by atoms with Crippen LogP contribution >= 0.6 is 11.3 Å². The van der Waals surface area contributed by atoms with Crippen molar-refractivity contribution in [2.75, 3.05) is 11.9 Å². The highest BCUT2D eigenvalue weighted by molar-refractivity contribution is 7.13. The van der Waals surface area contributed by atoms with Gasteiger partial charge in [0.15, 0.2) is 5.13 Å². The summed E-state index contributed by atoms with van der Waals surface area (Å²) in [5.74, 6) is -1.01. The van der Waals surface area contributed by atoms with E-state index in [4.69, 9.17) is 0 Å². The minimum atomic E-state index is -0.404. The molecule has 2 rings (SSSR count). The van der Waals surface area contributed by atoms with E-state index in [0.29, 0.717) is 17.1 Å². The highest BCUT2D eigenvalue weighted by Gasteiger charge is 2.23. The van der Waals surface area contributed by atoms with Crippen LogP contribution in [0.5, 0.6) is 0 Å². The Balaban J connectivity index is 2.11. The van der Waals surface area contributed by atoms with E-state index in [0.717, 1.165) is 0 Å². The summed E-state index contributed by atoms with van der Waals surface area (Å²) >= 11 is 1.31. The molecule has 0 saturated heterocycles. The Hall–Kier alpha value is -2.28. The first-order chi connectivity index (χ1) is 11.0. The lowest BCUT2D eigenvalue weighted by molar-refractivity contribution is -0.117. The van der Waals surface area contributed by atoms with Crippen LogP contribution < -0.4 is 5.32 Å². The molecule has 7 heteroatoms. The average Bonchev–Trinajstić information content (AvgIpc) is 3.05. The van der Waals surface area contributed by atoms with Crippen LogP contribution in [0, 0.1) is 5.82 Å². The average molecular weight is 335 g/mol. The van der Waals surface area contributed by atoms with E-state index in [2.05, 4.69) is 10.3 Å². The lowest BCUT2D eigenvalue weighted by Crippen LogP contribution is -2.43. The summed E-state index contributed by atoms with van der Waals surface area (Å²) in [5, 5.41) is 4.91. The number of halogens is 1. The summed E-state index contributed by atoms with van der Waals surface area (Å²) in [6.45, 7) is 3.73. The molecule has 1 atom stereocenters. The lowest BCUT2D eigenvalue weighted by atomic mass is 10.1. The summed E-state index contributed by atoms with van der Waals surface area (Å²) in [4.78, 5) is 30.2. The molecule has 23 heavy (non-hydrogen) atoms. The molecule has 0 aliphatic carbocycles. The van der Waals surface area contributed by atoms with Crippen molar-refractivity contribution in [1.82, 2.24) is 9.88 Å². The summed E-state index contributed by atoms with van der Waals surface area (Å²) < 4.78 is 13.0. The van der Waals surface area contributed by atoms with Crippen molar-refractivity contribution in [3.8, 4) is 0 Å². The van der Waals surface area contributed by atoms with Crippen LogP contribution in [0.15, 0.2) is 35.8 Å². The third-order valence-electron chi connectivity index (χ3n) is 3.47. The van der Waals surface area contributed by atoms with E-state index in [9.17, 15) is 14.0 Å². The molecule has 0 unspecified atom stereocenters. The van der Waals surface area contributed by atoms with Gasteiger partial charge in [0, 0.05) is 23.2 Å². The Morgan fingerprint density at radius 1 is 1.35 bits per heavy atom. The van der Waals surface area contributed by atoms with Gasteiger partial charge in [0.1, 0.15) is 12.4 Å². The SMILES string of the molecule is CC[C@H](C)N(CC(=O)Nc1nccs1)C(=O)c1ccc(F)cc1. The van der Waals surface area contributed by atoms with Gasteiger partial charge < -0.3 is 10.2 Å². The van der Waals surface area contributed by atoms with Gasteiger partial charge in [0.25, 0.3) is 5.91 Å². The normalized spacial score (nSPS) is 11.8. The number of aromatic nitrogens is 1. The fourth-order valence-electron chi connectivity index (χ4n) is 2.01. The predicted molar refractivity (Wildman–Crippen MR) is 87.9 cm³/mol. The number of hydrogen-bond donors (Lipinski definition) is 1. The van der Waals surface area contributed by atoms with E-state index < -0.39 is 5.82 Å². The monoisotopic (exact) mass is 335 g/mol. The standard InChI is InChI=1S/C16H18FN3O2S/c1-3-11(2)20(10-14(21)19-16-18-8-9-23-16)15(22)12-4-6-13(17)7-5-12/h4-9,11H,3,10H2,1-2H3,(H,18,19,21)/t11-/m0/s1. The van der Waals surface area contributed by atoms with Crippen molar-refractivity contribution < 1.29 is 14.0 Å². The Bertz CT molecular complexity index is 658. The van der Waals surface area contributed by atoms with Crippen molar-refractivity contribution in [3.63, 3.8) is 0 Å². The molecule has 0 spiro atoms. The molecular formula is C16H18FN3O2S. The third-order valence-corrected chi connectivity index (χ3v) is 4.16. The second-order valence-corrected chi connectivity index (χ2v) is 5.98. The molecule has 0 radical (unpaired) electrons. The molecule has 0 aliphatic heterocycles. The number of amides is 2. The molecule has 1 heterocycles. The van der Waals surface area contributed by atoms with E-state index in [-0.39, 0.29) is 24.4 Å². The second kappa shape index (κ2) is 7.82. The van der Waals surface area contributed by atoms with Gasteiger partial charge in [-0.05, 0) is 37.6 Å². The number of rotatable bonds is 6. The first-order valence-corrected chi connectivity index (χ1v) is 8.15. The highest BCUT2D eigenvalue weighted by atomic mass is 32.1. The molecule has 2 amide bonds. The summed E-state index contributed by atoms with van der Waals surface area (Å²) in [5.41, 5.74) is 0.355. The van der Waals surface area contributed by atoms with Crippen LogP contribution in [0.1, 0.15) is 30.6 Å². The Labute approximate surface area is 138 Å². The number of nitrogens with one attached hydrogen (secondary N) is 1. The molecule has 0 bridgehead atoms. The zero-order valence-corrected chi connectivity index (χ0v) is 13.8. The highest BCUT2D eigenvalue weighted by Crippen LogP contribution is 2.14. The summed E-state index contributed by atoms with van der Waals surface area (Å²) in [6.07, 6.45) is 2.30. The number of thiazole rings is 1. The van der Waals surface area contributed by atoms with E-state index in [1.54, 1.807) is 11.6 Å². The number of benzene rings is 1. The topological polar surface area (TPSA) is 62.3 Å². The predicted octanol–water partition coefficient (Wildman–Crippen LogP) is 3.16. The van der Waals surface area contributed by atoms with Crippen LogP contribution in [-0.4, -0.2) is 34.3 Å². The number of carbonyl (C=O) groups excluding carboxylic acids is 2. The van der Waals surface area contributed by atoms with Crippen LogP contribution in [0.2, 0.25) is 0 Å². The largest absolute Gasteiger partial charge is 0.327 e. The third kappa shape index (κ3) is 4.59. The fraction of sp³-hybridized carbons (Fsp3) is 0.312. The van der Waals surface area contributed by atoms with Gasteiger partial charge in [0.2, 0.25) is 5.91 Å². The molecule has 0 saturated carbocycles. The molecule has 122 valence electrons. The van der Waals surface area contributed by atoms with Crippen molar-refractivity contribution in [2.45, 2.75) is 26.3 Å². The van der Waals surface area contributed by atoms with Gasteiger partial charge in [-0.25, -0.2) is 9.37 Å². The zero-order valence-electron chi connectivity index (χ0n) is 13.0. The maximum atomic E-state index is 13.0. The van der Waals surface area contributed by atoms with Crippen molar-refractivity contribution >= 4 is 28.3 Å². The minimum absolute atomic E-state index is 0.0786. The van der Waals surface area contributed by atoms with Gasteiger partial charge in [-0.2, -0.15) is 0 Å². The lowest BCUT2D eigenvalue weighted by Gasteiger charge is -2.28. The van der Waals surface area contributed by atoms with Crippen LogP contribution in [0.4, 0.5) is 9.52 Å². The second-order valence-electron chi connectivity index (χ2n) is 5.08. The quantitative estimate of drug-likeness (QED) is 0.882. The zero-order chi connectivity index (χ0) is 16.8. The van der Waals surface area contributed by atoms with E-state index >= 15 is 0 Å². The number of carbonyl (C=O) groups is 2. The number of anilines is 1. The maximum absolute atomic E-state index is 13.0. The summed E-state index contributed by atoms with van der Waals surface area (Å²) in [6, 6.07) is 5.20. The first-order valence-electron chi connectivity index (χ1n) is 7.27. The fourth-order valence-corrected chi connectivity index (χ4v) is 2.55. The van der Waals surface area contributed by atoms with Crippen molar-refractivity contribution in [2.24, 2.45) is 0 Å². The Kier molecular flexibility index (Phi) is 5.81. The smallest absolute Gasteiger partial charge is 0.254 e. The molecule has 1 aromatic heterocycles. The number of nitrogens with zero attached hydrogens (tertiary/aromatic N) is 2. The minimum Gasteiger partial charge on any atom is -0.327 e. The molecule has 1 aromatic carbocycles. The first kappa shape index (κ1) is 17.1. The van der Waals surface area contributed by atoms with Gasteiger partial charge in [-0.3, -0.25) is 9.59 Å². The maximum Gasteiger partial charge on any atom is 0.254 e. The molecule has 0 fully saturated rings. The molecule has 1 N–H and O–H groups in total.